The van der Waals surface area contributed by atoms with E-state index in [0.29, 0.717) is 12.1 Å². The first-order valence-electron chi connectivity index (χ1n) is 6.68. The minimum absolute atomic E-state index is 0.589. The van der Waals surface area contributed by atoms with Crippen LogP contribution in [0.2, 0.25) is 0 Å². The first-order chi connectivity index (χ1) is 8.15. The Morgan fingerprint density at radius 1 is 1.41 bits per heavy atom. The lowest BCUT2D eigenvalue weighted by Crippen LogP contribution is -2.35. The zero-order chi connectivity index (χ0) is 12.4. The van der Waals surface area contributed by atoms with Gasteiger partial charge in [0.05, 0.1) is 0 Å². The van der Waals surface area contributed by atoms with Crippen LogP contribution in [0.1, 0.15) is 31.9 Å². The number of nitrogens with zero attached hydrogens (tertiary/aromatic N) is 1. The van der Waals surface area contributed by atoms with Gasteiger partial charge in [-0.1, -0.05) is 12.1 Å². The van der Waals surface area contributed by atoms with Crippen molar-refractivity contribution in [3.8, 4) is 0 Å². The fourth-order valence-electron chi connectivity index (χ4n) is 3.01. The van der Waals surface area contributed by atoms with Gasteiger partial charge in [-0.05, 0) is 64.4 Å². The third-order valence-electron chi connectivity index (χ3n) is 3.70. The number of likely N-dealkylation sites (N-methyl/N-ethyl adjacent to an activating group) is 1. The quantitative estimate of drug-likeness (QED) is 0.858. The molecule has 17 heavy (non-hydrogen) atoms. The Bertz CT molecular complexity index is 385. The maximum atomic E-state index is 3.24. The van der Waals surface area contributed by atoms with E-state index in [1.165, 1.54) is 17.7 Å². The lowest BCUT2D eigenvalue weighted by molar-refractivity contribution is 0.605. The molecule has 1 aliphatic rings. The molecular formula is C15H24N2. The maximum absolute atomic E-state index is 3.24. The van der Waals surface area contributed by atoms with Crippen LogP contribution in [0.15, 0.2) is 18.2 Å². The predicted molar refractivity (Wildman–Crippen MR) is 74.9 cm³/mol. The molecule has 0 aromatic heterocycles. The molecule has 1 aromatic rings. The largest absolute Gasteiger partial charge is 0.366 e. The summed E-state index contributed by atoms with van der Waals surface area (Å²) in [6.45, 7) is 7.96. The van der Waals surface area contributed by atoms with Crippen LogP contribution in [0.3, 0.4) is 0 Å². The van der Waals surface area contributed by atoms with E-state index in [1.807, 2.05) is 7.05 Å². The molecule has 0 aliphatic carbocycles. The van der Waals surface area contributed by atoms with E-state index in [-0.39, 0.29) is 0 Å². The molecule has 0 bridgehead atoms. The Labute approximate surface area is 105 Å². The minimum atomic E-state index is 0.589. The highest BCUT2D eigenvalue weighted by atomic mass is 15.2. The van der Waals surface area contributed by atoms with Gasteiger partial charge in [-0.15, -0.1) is 0 Å². The van der Waals surface area contributed by atoms with E-state index < -0.39 is 0 Å². The smallest absolute Gasteiger partial charge is 0.0407 e. The summed E-state index contributed by atoms with van der Waals surface area (Å²) >= 11 is 0. The van der Waals surface area contributed by atoms with Crippen LogP contribution in [-0.4, -0.2) is 25.7 Å². The van der Waals surface area contributed by atoms with E-state index >= 15 is 0 Å². The van der Waals surface area contributed by atoms with Crippen LogP contribution in [0, 0.1) is 0 Å². The molecule has 1 aromatic carbocycles. The van der Waals surface area contributed by atoms with Gasteiger partial charge in [0.2, 0.25) is 0 Å². The van der Waals surface area contributed by atoms with Gasteiger partial charge in [0.25, 0.3) is 0 Å². The Morgan fingerprint density at radius 3 is 2.82 bits per heavy atom. The van der Waals surface area contributed by atoms with E-state index in [0.717, 1.165) is 13.0 Å². The number of hydrogen-bond donors (Lipinski definition) is 1. The van der Waals surface area contributed by atoms with Crippen molar-refractivity contribution in [1.82, 2.24) is 5.32 Å². The topological polar surface area (TPSA) is 15.3 Å². The summed E-state index contributed by atoms with van der Waals surface area (Å²) in [7, 11) is 2.02. The SMILES string of the molecule is CNCCc1cccc2c1CC(C)N2C(C)C. The van der Waals surface area contributed by atoms with Gasteiger partial charge < -0.3 is 10.2 Å². The number of anilines is 1. The van der Waals surface area contributed by atoms with E-state index in [2.05, 4.69) is 49.2 Å². The Morgan fingerprint density at radius 2 is 2.18 bits per heavy atom. The summed E-state index contributed by atoms with van der Waals surface area (Å²) in [6, 6.07) is 8.00. The van der Waals surface area contributed by atoms with E-state index in [1.54, 1.807) is 5.56 Å². The zero-order valence-electron chi connectivity index (χ0n) is 11.5. The number of rotatable bonds is 4. The van der Waals surface area contributed by atoms with E-state index in [4.69, 9.17) is 0 Å². The first kappa shape index (κ1) is 12.4. The summed E-state index contributed by atoms with van der Waals surface area (Å²) in [6.07, 6.45) is 2.34. The zero-order valence-corrected chi connectivity index (χ0v) is 11.5. The van der Waals surface area contributed by atoms with Gasteiger partial charge in [0, 0.05) is 17.8 Å². The Balaban J connectivity index is 2.31. The molecule has 0 spiro atoms. The molecule has 1 unspecified atom stereocenters. The van der Waals surface area contributed by atoms with Crippen molar-refractivity contribution in [2.24, 2.45) is 0 Å². The summed E-state index contributed by atoms with van der Waals surface area (Å²) < 4.78 is 0. The Hall–Kier alpha value is -1.02. The van der Waals surface area contributed by atoms with Crippen LogP contribution in [0.5, 0.6) is 0 Å². The van der Waals surface area contributed by atoms with Crippen molar-refractivity contribution in [1.29, 1.82) is 0 Å². The lowest BCUT2D eigenvalue weighted by atomic mass is 10.0. The third-order valence-corrected chi connectivity index (χ3v) is 3.70. The van der Waals surface area contributed by atoms with Gasteiger partial charge >= 0.3 is 0 Å². The third kappa shape index (κ3) is 2.32. The fraction of sp³-hybridized carbons (Fsp3) is 0.600. The van der Waals surface area contributed by atoms with Gasteiger partial charge in [-0.3, -0.25) is 0 Å². The molecule has 0 saturated heterocycles. The average molecular weight is 232 g/mol. The van der Waals surface area contributed by atoms with Crippen LogP contribution >= 0.6 is 0 Å². The highest BCUT2D eigenvalue weighted by Crippen LogP contribution is 2.35. The van der Waals surface area contributed by atoms with Crippen molar-refractivity contribution in [3.05, 3.63) is 29.3 Å². The molecule has 0 saturated carbocycles. The minimum Gasteiger partial charge on any atom is -0.366 e. The van der Waals surface area contributed by atoms with E-state index in [9.17, 15) is 0 Å². The van der Waals surface area contributed by atoms with Crippen molar-refractivity contribution in [3.63, 3.8) is 0 Å². The molecule has 1 aliphatic heterocycles. The van der Waals surface area contributed by atoms with Crippen LogP contribution < -0.4 is 10.2 Å². The molecule has 0 radical (unpaired) electrons. The number of fused-ring (bicyclic) bond motifs is 1. The van der Waals surface area contributed by atoms with Crippen LogP contribution in [-0.2, 0) is 12.8 Å². The molecular weight excluding hydrogens is 208 g/mol. The van der Waals surface area contributed by atoms with Gasteiger partial charge in [0.1, 0.15) is 0 Å². The highest BCUT2D eigenvalue weighted by Gasteiger charge is 2.28. The normalized spacial score (nSPS) is 18.9. The predicted octanol–water partition coefficient (Wildman–Crippen LogP) is 2.61. The van der Waals surface area contributed by atoms with Crippen molar-refractivity contribution < 1.29 is 0 Å². The number of hydrogen-bond acceptors (Lipinski definition) is 2. The van der Waals surface area contributed by atoms with Crippen molar-refractivity contribution in [2.45, 2.75) is 45.7 Å². The summed E-state index contributed by atoms with van der Waals surface area (Å²) in [5.41, 5.74) is 4.55. The summed E-state index contributed by atoms with van der Waals surface area (Å²) in [5, 5.41) is 3.24. The van der Waals surface area contributed by atoms with Crippen molar-refractivity contribution >= 4 is 5.69 Å². The van der Waals surface area contributed by atoms with Crippen LogP contribution in [0.25, 0.3) is 0 Å². The molecule has 2 rings (SSSR count). The Kier molecular flexibility index (Phi) is 3.72. The van der Waals surface area contributed by atoms with Gasteiger partial charge in [0.15, 0.2) is 0 Å². The molecule has 1 N–H and O–H groups in total. The molecule has 0 fully saturated rings. The standard InChI is InChI=1S/C15H24N2/c1-11(2)17-12(3)10-14-13(8-9-16-4)6-5-7-15(14)17/h5-7,11-12,16H,8-10H2,1-4H3. The molecule has 1 atom stereocenters. The molecule has 94 valence electrons. The molecule has 2 nitrogen and oxygen atoms in total. The second-order valence-corrected chi connectivity index (χ2v) is 5.32. The second kappa shape index (κ2) is 5.09. The monoisotopic (exact) mass is 232 g/mol. The fourth-order valence-corrected chi connectivity index (χ4v) is 3.01. The molecule has 1 heterocycles. The average Bonchev–Trinajstić information content (AvgIpc) is 2.62. The number of benzene rings is 1. The maximum Gasteiger partial charge on any atom is 0.0407 e. The van der Waals surface area contributed by atoms with Crippen LogP contribution in [0.4, 0.5) is 5.69 Å². The summed E-state index contributed by atoms with van der Waals surface area (Å²) in [4.78, 5) is 2.55. The number of nitrogens with one attached hydrogen (secondary N) is 1. The summed E-state index contributed by atoms with van der Waals surface area (Å²) in [5.74, 6) is 0. The van der Waals surface area contributed by atoms with Gasteiger partial charge in [-0.2, -0.15) is 0 Å². The second-order valence-electron chi connectivity index (χ2n) is 5.32. The lowest BCUT2D eigenvalue weighted by Gasteiger charge is -2.29. The first-order valence-corrected chi connectivity index (χ1v) is 6.68. The van der Waals surface area contributed by atoms with Crippen molar-refractivity contribution in [2.75, 3.05) is 18.5 Å². The molecule has 0 amide bonds. The highest BCUT2D eigenvalue weighted by molar-refractivity contribution is 5.62. The van der Waals surface area contributed by atoms with Gasteiger partial charge in [-0.25, -0.2) is 0 Å². The molecule has 2 heteroatoms.